The molecule has 1 aliphatic heterocycles. The van der Waals surface area contributed by atoms with E-state index in [-0.39, 0.29) is 11.9 Å². The summed E-state index contributed by atoms with van der Waals surface area (Å²) in [4.78, 5) is 18.2. The van der Waals surface area contributed by atoms with Crippen molar-refractivity contribution >= 4 is 5.91 Å². The Morgan fingerprint density at radius 1 is 0.889 bits per heavy atom. The molecule has 1 heterocycles. The summed E-state index contributed by atoms with van der Waals surface area (Å²) >= 11 is 0. The molecule has 1 saturated heterocycles. The molecule has 0 bridgehead atoms. The topological polar surface area (TPSA) is 63.3 Å². The minimum atomic E-state index is -0.191. The molecular weight excluding hydrogens is 454 g/mol. The molecule has 0 spiro atoms. The summed E-state index contributed by atoms with van der Waals surface area (Å²) < 4.78 is 17.2. The first-order chi connectivity index (χ1) is 17.6. The van der Waals surface area contributed by atoms with Crippen LogP contribution in [0.25, 0.3) is 0 Å². The maximum atomic E-state index is 13.5. The molecule has 1 N–H and O–H groups in total. The van der Waals surface area contributed by atoms with E-state index in [4.69, 9.17) is 14.2 Å². The van der Waals surface area contributed by atoms with Gasteiger partial charge in [0, 0.05) is 38.3 Å². The second-order valence-electron chi connectivity index (χ2n) is 9.02. The van der Waals surface area contributed by atoms with E-state index in [0.29, 0.717) is 29.4 Å². The summed E-state index contributed by atoms with van der Waals surface area (Å²) in [6, 6.07) is 23.2. The Kier molecular flexibility index (Phi) is 8.81. The van der Waals surface area contributed by atoms with E-state index in [1.807, 2.05) is 48.5 Å². The number of carbonyl (C=O) groups excluding carboxylic acids is 1. The van der Waals surface area contributed by atoms with Gasteiger partial charge < -0.3 is 24.4 Å². The maximum Gasteiger partial charge on any atom is 0.252 e. The average Bonchev–Trinajstić information content (AvgIpc) is 2.93. The standard InChI is InChI=1S/C29H35N3O4/c1-31-14-16-32(17-15-31)20-25(23-12-8-5-9-13-23)30-29(33)24-18-26(34-2)28(27(19-24)35-3)36-21-22-10-6-4-7-11-22/h4-13,18-19,25H,14-17,20-21H2,1-3H3,(H,30,33). The highest BCUT2D eigenvalue weighted by Crippen LogP contribution is 2.39. The van der Waals surface area contributed by atoms with Gasteiger partial charge in [0.05, 0.1) is 20.3 Å². The highest BCUT2D eigenvalue weighted by atomic mass is 16.5. The van der Waals surface area contributed by atoms with Crippen molar-refractivity contribution in [1.29, 1.82) is 0 Å². The zero-order valence-electron chi connectivity index (χ0n) is 21.3. The third-order valence-electron chi connectivity index (χ3n) is 6.49. The molecule has 1 atom stereocenters. The largest absolute Gasteiger partial charge is 0.493 e. The Labute approximate surface area is 213 Å². The molecule has 0 radical (unpaired) electrons. The van der Waals surface area contributed by atoms with Gasteiger partial charge in [0.25, 0.3) is 5.91 Å². The highest BCUT2D eigenvalue weighted by molar-refractivity contribution is 5.96. The lowest BCUT2D eigenvalue weighted by molar-refractivity contribution is 0.0906. The summed E-state index contributed by atoms with van der Waals surface area (Å²) in [6.45, 7) is 5.11. The Balaban J connectivity index is 1.53. The Bertz CT molecular complexity index is 1090. The molecule has 0 aromatic heterocycles. The van der Waals surface area contributed by atoms with Gasteiger partial charge in [-0.3, -0.25) is 9.69 Å². The lowest BCUT2D eigenvalue weighted by atomic mass is 10.0. The summed E-state index contributed by atoms with van der Waals surface area (Å²) in [5.74, 6) is 1.18. The smallest absolute Gasteiger partial charge is 0.252 e. The predicted octanol–water partition coefficient (Wildman–Crippen LogP) is 4.00. The van der Waals surface area contributed by atoms with Gasteiger partial charge in [-0.2, -0.15) is 0 Å². The minimum Gasteiger partial charge on any atom is -0.493 e. The predicted molar refractivity (Wildman–Crippen MR) is 141 cm³/mol. The fourth-order valence-corrected chi connectivity index (χ4v) is 4.33. The van der Waals surface area contributed by atoms with Gasteiger partial charge in [-0.05, 0) is 30.3 Å². The molecule has 0 saturated carbocycles. The number of piperazine rings is 1. The monoisotopic (exact) mass is 489 g/mol. The summed E-state index contributed by atoms with van der Waals surface area (Å²) in [5.41, 5.74) is 2.56. The molecule has 7 nitrogen and oxygen atoms in total. The minimum absolute atomic E-state index is 0.145. The van der Waals surface area contributed by atoms with Crippen LogP contribution in [-0.2, 0) is 6.61 Å². The normalized spacial score (nSPS) is 15.2. The maximum absolute atomic E-state index is 13.5. The van der Waals surface area contributed by atoms with Gasteiger partial charge in [0.2, 0.25) is 5.75 Å². The van der Waals surface area contributed by atoms with Gasteiger partial charge in [-0.15, -0.1) is 0 Å². The van der Waals surface area contributed by atoms with E-state index < -0.39 is 0 Å². The number of nitrogens with zero attached hydrogens (tertiary/aromatic N) is 2. The number of nitrogens with one attached hydrogen (secondary N) is 1. The van der Waals surface area contributed by atoms with E-state index in [1.54, 1.807) is 26.4 Å². The van der Waals surface area contributed by atoms with E-state index >= 15 is 0 Å². The molecule has 1 aliphatic rings. The quantitative estimate of drug-likeness (QED) is 0.465. The zero-order valence-corrected chi connectivity index (χ0v) is 21.3. The van der Waals surface area contributed by atoms with Gasteiger partial charge in [0.1, 0.15) is 6.61 Å². The van der Waals surface area contributed by atoms with Gasteiger partial charge in [-0.25, -0.2) is 0 Å². The van der Waals surface area contributed by atoms with Gasteiger partial charge >= 0.3 is 0 Å². The van der Waals surface area contributed by atoms with Crippen LogP contribution in [0, 0.1) is 0 Å². The number of hydrogen-bond acceptors (Lipinski definition) is 6. The van der Waals surface area contributed by atoms with Crippen LogP contribution in [0.4, 0.5) is 0 Å². The molecule has 4 rings (SSSR count). The van der Waals surface area contributed by atoms with Crippen molar-refractivity contribution in [2.45, 2.75) is 12.6 Å². The van der Waals surface area contributed by atoms with Crippen molar-refractivity contribution in [2.24, 2.45) is 0 Å². The van der Waals surface area contributed by atoms with Crippen molar-refractivity contribution in [3.63, 3.8) is 0 Å². The fraction of sp³-hybridized carbons (Fsp3) is 0.345. The SMILES string of the molecule is COc1cc(C(=O)NC(CN2CCN(C)CC2)c2ccccc2)cc(OC)c1OCc1ccccc1. The molecule has 190 valence electrons. The van der Waals surface area contributed by atoms with Crippen LogP contribution in [-0.4, -0.2) is 69.7 Å². The first-order valence-electron chi connectivity index (χ1n) is 12.3. The molecule has 3 aromatic carbocycles. The van der Waals surface area contributed by atoms with Crippen LogP contribution in [0.1, 0.15) is 27.5 Å². The molecule has 7 heteroatoms. The van der Waals surface area contributed by atoms with Crippen molar-refractivity contribution in [3.8, 4) is 17.2 Å². The van der Waals surface area contributed by atoms with Crippen LogP contribution in [0.3, 0.4) is 0 Å². The van der Waals surface area contributed by atoms with Gasteiger partial charge in [0.15, 0.2) is 11.5 Å². The van der Waals surface area contributed by atoms with Gasteiger partial charge in [-0.1, -0.05) is 60.7 Å². The van der Waals surface area contributed by atoms with E-state index in [1.165, 1.54) is 0 Å². The van der Waals surface area contributed by atoms with Crippen molar-refractivity contribution in [2.75, 3.05) is 54.0 Å². The number of amides is 1. The molecule has 36 heavy (non-hydrogen) atoms. The third kappa shape index (κ3) is 6.56. The lowest BCUT2D eigenvalue weighted by Crippen LogP contribution is -2.47. The second kappa shape index (κ2) is 12.4. The number of benzene rings is 3. The first kappa shape index (κ1) is 25.5. The second-order valence-corrected chi connectivity index (χ2v) is 9.02. The third-order valence-corrected chi connectivity index (χ3v) is 6.49. The van der Waals surface area contributed by atoms with E-state index in [9.17, 15) is 4.79 Å². The highest BCUT2D eigenvalue weighted by Gasteiger charge is 2.24. The summed E-state index contributed by atoms with van der Waals surface area (Å²) in [5, 5.41) is 3.24. The van der Waals surface area contributed by atoms with Crippen molar-refractivity contribution in [1.82, 2.24) is 15.1 Å². The number of methoxy groups -OCH3 is 2. The zero-order chi connectivity index (χ0) is 25.3. The Morgan fingerprint density at radius 3 is 2.06 bits per heavy atom. The first-order valence-corrected chi connectivity index (χ1v) is 12.3. The number of hydrogen-bond donors (Lipinski definition) is 1. The lowest BCUT2D eigenvalue weighted by Gasteiger charge is -2.35. The number of carbonyl (C=O) groups is 1. The van der Waals surface area contributed by atoms with Crippen LogP contribution < -0.4 is 19.5 Å². The number of likely N-dealkylation sites (N-methyl/N-ethyl adjacent to an activating group) is 1. The Morgan fingerprint density at radius 2 is 1.47 bits per heavy atom. The number of ether oxygens (including phenoxy) is 3. The van der Waals surface area contributed by atoms with E-state index in [0.717, 1.165) is 43.9 Å². The van der Waals surface area contributed by atoms with Crippen molar-refractivity contribution < 1.29 is 19.0 Å². The van der Waals surface area contributed by atoms with Crippen molar-refractivity contribution in [3.05, 3.63) is 89.5 Å². The molecule has 3 aromatic rings. The summed E-state index contributed by atoms with van der Waals surface area (Å²) in [7, 11) is 5.26. The van der Waals surface area contributed by atoms with Crippen LogP contribution >= 0.6 is 0 Å². The van der Waals surface area contributed by atoms with E-state index in [2.05, 4.69) is 34.3 Å². The average molecular weight is 490 g/mol. The van der Waals surface area contributed by atoms with Crippen LogP contribution in [0.2, 0.25) is 0 Å². The molecule has 0 aliphatic carbocycles. The molecule has 1 amide bonds. The van der Waals surface area contributed by atoms with Crippen LogP contribution in [0.5, 0.6) is 17.2 Å². The van der Waals surface area contributed by atoms with Crippen LogP contribution in [0.15, 0.2) is 72.8 Å². The summed E-state index contributed by atoms with van der Waals surface area (Å²) in [6.07, 6.45) is 0. The number of rotatable bonds is 10. The fourth-order valence-electron chi connectivity index (χ4n) is 4.33. The molecule has 1 fully saturated rings. The molecular formula is C29H35N3O4. The molecule has 1 unspecified atom stereocenters. The Hall–Kier alpha value is -3.55.